The number of carbonyl (C=O) groups is 1. The van der Waals surface area contributed by atoms with Gasteiger partial charge in [0.25, 0.3) is 0 Å². The maximum absolute atomic E-state index is 12.8. The normalized spacial score (nSPS) is 16.5. The monoisotopic (exact) mass is 382 g/mol. The standard InChI is InChI=1S/C19H18ClF3N2O/c1-12-10-13-4-2-3-5-17(13)25(12)18(26)8-9-24-16-11-14(19(21,22)23)6-7-15(16)20/h2-7,11-12,24H,8-10H2,1H3. The summed E-state index contributed by atoms with van der Waals surface area (Å²) in [7, 11) is 0. The van der Waals surface area contributed by atoms with E-state index in [-0.39, 0.29) is 35.6 Å². The van der Waals surface area contributed by atoms with E-state index in [1.807, 2.05) is 31.2 Å². The van der Waals surface area contributed by atoms with Crippen molar-refractivity contribution >= 4 is 28.9 Å². The number of halogens is 4. The van der Waals surface area contributed by atoms with Crippen molar-refractivity contribution in [3.8, 4) is 0 Å². The molecule has 0 aliphatic carbocycles. The van der Waals surface area contributed by atoms with Gasteiger partial charge in [0.15, 0.2) is 0 Å². The summed E-state index contributed by atoms with van der Waals surface area (Å²) < 4.78 is 38.4. The van der Waals surface area contributed by atoms with Gasteiger partial charge in [-0.1, -0.05) is 29.8 Å². The Hall–Kier alpha value is -2.21. The van der Waals surface area contributed by atoms with Crippen molar-refractivity contribution < 1.29 is 18.0 Å². The number of nitrogens with one attached hydrogen (secondary N) is 1. The molecule has 2 aromatic rings. The summed E-state index contributed by atoms with van der Waals surface area (Å²) >= 11 is 5.95. The van der Waals surface area contributed by atoms with Crippen LogP contribution in [-0.2, 0) is 17.4 Å². The number of amides is 1. The van der Waals surface area contributed by atoms with Crippen LogP contribution in [0.1, 0.15) is 24.5 Å². The fourth-order valence-electron chi connectivity index (χ4n) is 3.21. The zero-order chi connectivity index (χ0) is 18.9. The number of nitrogens with zero attached hydrogens (tertiary/aromatic N) is 1. The van der Waals surface area contributed by atoms with Gasteiger partial charge in [-0.05, 0) is 43.2 Å². The van der Waals surface area contributed by atoms with E-state index in [0.29, 0.717) is 0 Å². The molecule has 0 radical (unpaired) electrons. The van der Waals surface area contributed by atoms with Crippen LogP contribution in [0, 0.1) is 0 Å². The zero-order valence-electron chi connectivity index (χ0n) is 14.1. The van der Waals surface area contributed by atoms with E-state index in [9.17, 15) is 18.0 Å². The Bertz CT molecular complexity index is 823. The summed E-state index contributed by atoms with van der Waals surface area (Å²) in [5, 5.41) is 3.02. The Labute approximate surface area is 154 Å². The van der Waals surface area contributed by atoms with Crippen molar-refractivity contribution in [2.24, 2.45) is 0 Å². The lowest BCUT2D eigenvalue weighted by Crippen LogP contribution is -2.36. The summed E-state index contributed by atoms with van der Waals surface area (Å²) in [6, 6.07) is 10.9. The molecule has 3 rings (SSSR count). The molecule has 138 valence electrons. The van der Waals surface area contributed by atoms with Crippen LogP contribution in [0.2, 0.25) is 5.02 Å². The van der Waals surface area contributed by atoms with Crippen LogP contribution in [0.4, 0.5) is 24.5 Å². The van der Waals surface area contributed by atoms with Crippen LogP contribution in [0.5, 0.6) is 0 Å². The second kappa shape index (κ2) is 7.19. The minimum Gasteiger partial charge on any atom is -0.383 e. The maximum Gasteiger partial charge on any atom is 0.416 e. The van der Waals surface area contributed by atoms with Gasteiger partial charge in [-0.15, -0.1) is 0 Å². The van der Waals surface area contributed by atoms with Gasteiger partial charge in [0, 0.05) is 24.7 Å². The van der Waals surface area contributed by atoms with Crippen molar-refractivity contribution in [1.29, 1.82) is 0 Å². The van der Waals surface area contributed by atoms with E-state index in [4.69, 9.17) is 11.6 Å². The van der Waals surface area contributed by atoms with Gasteiger partial charge in [0.1, 0.15) is 0 Å². The number of benzene rings is 2. The SMILES string of the molecule is CC1Cc2ccccc2N1C(=O)CCNc1cc(C(F)(F)F)ccc1Cl. The van der Waals surface area contributed by atoms with E-state index >= 15 is 0 Å². The van der Waals surface area contributed by atoms with Gasteiger partial charge in [-0.2, -0.15) is 13.2 Å². The van der Waals surface area contributed by atoms with Crippen LogP contribution in [0.3, 0.4) is 0 Å². The second-order valence-electron chi connectivity index (χ2n) is 6.31. The van der Waals surface area contributed by atoms with Crippen molar-refractivity contribution in [1.82, 2.24) is 0 Å². The smallest absolute Gasteiger partial charge is 0.383 e. The van der Waals surface area contributed by atoms with E-state index in [0.717, 1.165) is 29.8 Å². The van der Waals surface area contributed by atoms with Gasteiger partial charge in [-0.25, -0.2) is 0 Å². The molecular weight excluding hydrogens is 365 g/mol. The predicted octanol–water partition coefficient (Wildman–Crippen LogP) is 5.14. The van der Waals surface area contributed by atoms with E-state index in [1.54, 1.807) is 4.90 Å². The van der Waals surface area contributed by atoms with E-state index in [1.165, 1.54) is 6.07 Å². The predicted molar refractivity (Wildman–Crippen MR) is 96.7 cm³/mol. The molecule has 0 fully saturated rings. The second-order valence-corrected chi connectivity index (χ2v) is 6.72. The summed E-state index contributed by atoms with van der Waals surface area (Å²) in [6.45, 7) is 2.18. The molecule has 2 aromatic carbocycles. The molecule has 0 saturated heterocycles. The fraction of sp³-hybridized carbons (Fsp3) is 0.316. The third kappa shape index (κ3) is 3.80. The quantitative estimate of drug-likeness (QED) is 0.794. The minimum atomic E-state index is -4.44. The van der Waals surface area contributed by atoms with Crippen molar-refractivity contribution in [3.05, 3.63) is 58.6 Å². The highest BCUT2D eigenvalue weighted by Gasteiger charge is 2.31. The summed E-state index contributed by atoms with van der Waals surface area (Å²) in [5.74, 6) is -0.0713. The fourth-order valence-corrected chi connectivity index (χ4v) is 3.39. The van der Waals surface area contributed by atoms with Gasteiger partial charge < -0.3 is 10.2 Å². The molecule has 3 nitrogen and oxygen atoms in total. The van der Waals surface area contributed by atoms with E-state index < -0.39 is 11.7 Å². The number of hydrogen-bond donors (Lipinski definition) is 1. The first-order valence-corrected chi connectivity index (χ1v) is 8.66. The largest absolute Gasteiger partial charge is 0.416 e. The maximum atomic E-state index is 12.8. The molecule has 1 unspecified atom stereocenters. The van der Waals surface area contributed by atoms with Crippen molar-refractivity contribution in [2.45, 2.75) is 32.0 Å². The molecule has 0 spiro atoms. The summed E-state index contributed by atoms with van der Waals surface area (Å²) in [5.41, 5.74) is 1.42. The summed E-state index contributed by atoms with van der Waals surface area (Å²) in [4.78, 5) is 14.3. The molecule has 0 bridgehead atoms. The van der Waals surface area contributed by atoms with Crippen LogP contribution in [0.15, 0.2) is 42.5 Å². The highest BCUT2D eigenvalue weighted by molar-refractivity contribution is 6.33. The lowest BCUT2D eigenvalue weighted by molar-refractivity contribution is -0.137. The first-order valence-electron chi connectivity index (χ1n) is 8.28. The molecular formula is C19H18ClF3N2O. The molecule has 1 aliphatic heterocycles. The molecule has 0 aromatic heterocycles. The van der Waals surface area contributed by atoms with Gasteiger partial charge >= 0.3 is 6.18 Å². The van der Waals surface area contributed by atoms with E-state index in [2.05, 4.69) is 5.32 Å². The van der Waals surface area contributed by atoms with Crippen molar-refractivity contribution in [3.63, 3.8) is 0 Å². The Morgan fingerprint density at radius 1 is 1.27 bits per heavy atom. The van der Waals surface area contributed by atoms with Crippen LogP contribution in [-0.4, -0.2) is 18.5 Å². The molecule has 1 atom stereocenters. The van der Waals surface area contributed by atoms with Crippen LogP contribution < -0.4 is 10.2 Å². The number of carbonyl (C=O) groups excluding carboxylic acids is 1. The topological polar surface area (TPSA) is 32.3 Å². The van der Waals surface area contributed by atoms with Crippen LogP contribution >= 0.6 is 11.6 Å². The molecule has 1 heterocycles. The Kier molecular flexibility index (Phi) is 5.14. The number of hydrogen-bond acceptors (Lipinski definition) is 2. The number of fused-ring (bicyclic) bond motifs is 1. The van der Waals surface area contributed by atoms with Gasteiger partial charge in [-0.3, -0.25) is 4.79 Å². The Balaban J connectivity index is 1.65. The number of para-hydroxylation sites is 1. The molecule has 0 saturated carbocycles. The zero-order valence-corrected chi connectivity index (χ0v) is 14.9. The third-order valence-corrected chi connectivity index (χ3v) is 4.75. The van der Waals surface area contributed by atoms with Gasteiger partial charge in [0.2, 0.25) is 5.91 Å². The van der Waals surface area contributed by atoms with Crippen molar-refractivity contribution in [2.75, 3.05) is 16.8 Å². The average molecular weight is 383 g/mol. The third-order valence-electron chi connectivity index (χ3n) is 4.42. The summed E-state index contributed by atoms with van der Waals surface area (Å²) in [6.07, 6.45) is -3.48. The number of alkyl halides is 3. The molecule has 1 amide bonds. The Morgan fingerprint density at radius 3 is 2.73 bits per heavy atom. The number of anilines is 2. The van der Waals surface area contributed by atoms with Crippen LogP contribution in [0.25, 0.3) is 0 Å². The lowest BCUT2D eigenvalue weighted by Gasteiger charge is -2.23. The molecule has 7 heteroatoms. The minimum absolute atomic E-state index is 0.0667. The highest BCUT2D eigenvalue weighted by atomic mass is 35.5. The highest BCUT2D eigenvalue weighted by Crippen LogP contribution is 2.34. The average Bonchev–Trinajstić information content (AvgIpc) is 2.91. The lowest BCUT2D eigenvalue weighted by atomic mass is 10.1. The molecule has 26 heavy (non-hydrogen) atoms. The molecule has 1 N–H and O–H groups in total. The Morgan fingerprint density at radius 2 is 2.00 bits per heavy atom. The first kappa shape index (κ1) is 18.6. The first-order chi connectivity index (χ1) is 12.3. The number of rotatable bonds is 4. The van der Waals surface area contributed by atoms with Gasteiger partial charge in [0.05, 0.1) is 16.3 Å². The molecule has 1 aliphatic rings.